The Kier molecular flexibility index (Phi) is 3.61. The van der Waals surface area contributed by atoms with Crippen molar-refractivity contribution >= 4 is 0 Å². The van der Waals surface area contributed by atoms with Crippen LogP contribution in [0.15, 0.2) is 12.5 Å². The predicted molar refractivity (Wildman–Crippen MR) is 65.1 cm³/mol. The zero-order valence-corrected chi connectivity index (χ0v) is 10.4. The zero-order chi connectivity index (χ0) is 11.5. The molecule has 2 atom stereocenters. The fourth-order valence-corrected chi connectivity index (χ4v) is 2.31. The molecule has 4 heteroatoms. The second-order valence-corrected chi connectivity index (χ2v) is 5.09. The van der Waals surface area contributed by atoms with Crippen LogP contribution < -0.4 is 5.32 Å². The van der Waals surface area contributed by atoms with Crippen LogP contribution in [0.25, 0.3) is 0 Å². The van der Waals surface area contributed by atoms with E-state index in [4.69, 9.17) is 0 Å². The van der Waals surface area contributed by atoms with Gasteiger partial charge < -0.3 is 10.3 Å². The van der Waals surface area contributed by atoms with E-state index in [0.717, 1.165) is 24.7 Å². The van der Waals surface area contributed by atoms with Crippen molar-refractivity contribution in [1.29, 1.82) is 0 Å². The summed E-state index contributed by atoms with van der Waals surface area (Å²) >= 11 is 0. The molecule has 2 heterocycles. The van der Waals surface area contributed by atoms with Crippen molar-refractivity contribution in [3.05, 3.63) is 18.2 Å². The van der Waals surface area contributed by atoms with Gasteiger partial charge in [0.1, 0.15) is 0 Å². The lowest BCUT2D eigenvalue weighted by Gasteiger charge is -2.20. The molecule has 0 bridgehead atoms. The van der Waals surface area contributed by atoms with E-state index in [1.165, 1.54) is 6.54 Å². The van der Waals surface area contributed by atoms with E-state index in [-0.39, 0.29) is 0 Å². The van der Waals surface area contributed by atoms with Gasteiger partial charge in [-0.05, 0) is 19.8 Å². The quantitative estimate of drug-likeness (QED) is 0.805. The molecular formula is C12H22N4. The molecule has 2 N–H and O–H groups in total. The first-order valence-corrected chi connectivity index (χ1v) is 6.11. The number of nitrogens with zero attached hydrogens (tertiary/aromatic N) is 2. The third-order valence-electron chi connectivity index (χ3n) is 3.48. The average Bonchev–Trinajstić information content (AvgIpc) is 2.84. The van der Waals surface area contributed by atoms with Gasteiger partial charge in [0, 0.05) is 43.6 Å². The SMILES string of the molecule is CC1CN(C(C)C)CC1NCc1cnc[nH]1. The number of rotatable bonds is 4. The van der Waals surface area contributed by atoms with Crippen LogP contribution in [0.5, 0.6) is 0 Å². The molecule has 0 aliphatic carbocycles. The van der Waals surface area contributed by atoms with Gasteiger partial charge in [0.25, 0.3) is 0 Å². The molecular weight excluding hydrogens is 200 g/mol. The summed E-state index contributed by atoms with van der Waals surface area (Å²) in [4.78, 5) is 9.68. The lowest BCUT2D eigenvalue weighted by Crippen LogP contribution is -2.36. The first-order chi connectivity index (χ1) is 7.66. The minimum Gasteiger partial charge on any atom is -0.347 e. The monoisotopic (exact) mass is 222 g/mol. The molecule has 1 aliphatic rings. The van der Waals surface area contributed by atoms with Gasteiger partial charge in [-0.15, -0.1) is 0 Å². The Balaban J connectivity index is 1.82. The Morgan fingerprint density at radius 2 is 2.38 bits per heavy atom. The van der Waals surface area contributed by atoms with Crippen LogP contribution in [0.4, 0.5) is 0 Å². The van der Waals surface area contributed by atoms with Crippen molar-refractivity contribution in [3.63, 3.8) is 0 Å². The highest BCUT2D eigenvalue weighted by Gasteiger charge is 2.30. The highest BCUT2D eigenvalue weighted by molar-refractivity contribution is 4.96. The average molecular weight is 222 g/mol. The summed E-state index contributed by atoms with van der Waals surface area (Å²) in [5.74, 6) is 0.727. The minimum atomic E-state index is 0.602. The van der Waals surface area contributed by atoms with Gasteiger partial charge in [0.15, 0.2) is 0 Å². The second-order valence-electron chi connectivity index (χ2n) is 5.09. The number of hydrogen-bond acceptors (Lipinski definition) is 3. The molecule has 1 fully saturated rings. The summed E-state index contributed by atoms with van der Waals surface area (Å²) in [5, 5.41) is 3.61. The number of nitrogens with one attached hydrogen (secondary N) is 2. The zero-order valence-electron chi connectivity index (χ0n) is 10.4. The highest BCUT2D eigenvalue weighted by Crippen LogP contribution is 2.18. The van der Waals surface area contributed by atoms with Crippen LogP contribution in [0, 0.1) is 5.92 Å². The molecule has 0 spiro atoms. The largest absolute Gasteiger partial charge is 0.347 e. The third-order valence-corrected chi connectivity index (χ3v) is 3.48. The van der Waals surface area contributed by atoms with Crippen LogP contribution in [0.3, 0.4) is 0 Å². The van der Waals surface area contributed by atoms with Crippen molar-refractivity contribution in [3.8, 4) is 0 Å². The van der Waals surface area contributed by atoms with Crippen LogP contribution >= 0.6 is 0 Å². The summed E-state index contributed by atoms with van der Waals surface area (Å²) in [5.41, 5.74) is 1.16. The molecule has 0 amide bonds. The number of aromatic amines is 1. The number of hydrogen-bond donors (Lipinski definition) is 2. The van der Waals surface area contributed by atoms with Gasteiger partial charge >= 0.3 is 0 Å². The van der Waals surface area contributed by atoms with Crippen LogP contribution in [-0.4, -0.2) is 40.0 Å². The van der Waals surface area contributed by atoms with E-state index in [9.17, 15) is 0 Å². The molecule has 0 saturated carbocycles. The molecule has 4 nitrogen and oxygen atoms in total. The molecule has 1 saturated heterocycles. The summed E-state index contributed by atoms with van der Waals surface area (Å²) < 4.78 is 0. The molecule has 1 aromatic rings. The van der Waals surface area contributed by atoms with Gasteiger partial charge in [-0.1, -0.05) is 6.92 Å². The van der Waals surface area contributed by atoms with Crippen molar-refractivity contribution in [2.45, 2.75) is 39.4 Å². The molecule has 2 rings (SSSR count). The molecule has 2 unspecified atom stereocenters. The summed E-state index contributed by atoms with van der Waals surface area (Å²) in [7, 11) is 0. The first-order valence-electron chi connectivity index (χ1n) is 6.11. The number of H-pyrrole nitrogens is 1. The first kappa shape index (κ1) is 11.6. The minimum absolute atomic E-state index is 0.602. The van der Waals surface area contributed by atoms with Gasteiger partial charge in [0.05, 0.1) is 6.33 Å². The lowest BCUT2D eigenvalue weighted by molar-refractivity contribution is 0.264. The maximum atomic E-state index is 4.02. The molecule has 0 aromatic carbocycles. The highest BCUT2D eigenvalue weighted by atomic mass is 15.2. The predicted octanol–water partition coefficient (Wildman–Crippen LogP) is 1.23. The Hall–Kier alpha value is -0.870. The number of aromatic nitrogens is 2. The van der Waals surface area contributed by atoms with Crippen LogP contribution in [0.2, 0.25) is 0 Å². The summed E-state index contributed by atoms with van der Waals surface area (Å²) in [6, 6.07) is 1.26. The van der Waals surface area contributed by atoms with Gasteiger partial charge in [-0.2, -0.15) is 0 Å². The smallest absolute Gasteiger partial charge is 0.0922 e. The molecule has 1 aromatic heterocycles. The van der Waals surface area contributed by atoms with E-state index in [0.29, 0.717) is 12.1 Å². The van der Waals surface area contributed by atoms with Gasteiger partial charge in [-0.3, -0.25) is 4.90 Å². The normalized spacial score (nSPS) is 26.8. The number of imidazole rings is 1. The standard InChI is InChI=1S/C12H22N4/c1-9(2)16-6-10(3)12(7-16)14-5-11-4-13-8-15-11/h4,8-10,12,14H,5-7H2,1-3H3,(H,13,15). The van der Waals surface area contributed by atoms with Crippen LogP contribution in [0.1, 0.15) is 26.5 Å². The van der Waals surface area contributed by atoms with E-state index < -0.39 is 0 Å². The molecule has 16 heavy (non-hydrogen) atoms. The fourth-order valence-electron chi connectivity index (χ4n) is 2.31. The number of likely N-dealkylation sites (tertiary alicyclic amines) is 1. The lowest BCUT2D eigenvalue weighted by atomic mass is 10.1. The van der Waals surface area contributed by atoms with E-state index in [2.05, 4.69) is 41.0 Å². The molecule has 0 radical (unpaired) electrons. The Morgan fingerprint density at radius 1 is 1.56 bits per heavy atom. The maximum absolute atomic E-state index is 4.02. The molecule has 90 valence electrons. The fraction of sp³-hybridized carbons (Fsp3) is 0.750. The summed E-state index contributed by atoms with van der Waals surface area (Å²) in [6.45, 7) is 10.1. The van der Waals surface area contributed by atoms with Crippen molar-refractivity contribution < 1.29 is 0 Å². The summed E-state index contributed by atoms with van der Waals surface area (Å²) in [6.07, 6.45) is 3.61. The van der Waals surface area contributed by atoms with Crippen molar-refractivity contribution in [1.82, 2.24) is 20.2 Å². The Bertz CT molecular complexity index is 307. The topological polar surface area (TPSA) is 44.0 Å². The van der Waals surface area contributed by atoms with Crippen LogP contribution in [-0.2, 0) is 6.54 Å². The third kappa shape index (κ3) is 2.62. The second kappa shape index (κ2) is 4.97. The maximum Gasteiger partial charge on any atom is 0.0922 e. The van der Waals surface area contributed by atoms with Gasteiger partial charge in [-0.25, -0.2) is 4.98 Å². The van der Waals surface area contributed by atoms with Gasteiger partial charge in [0.2, 0.25) is 0 Å². The van der Waals surface area contributed by atoms with E-state index in [1.54, 1.807) is 6.33 Å². The van der Waals surface area contributed by atoms with E-state index >= 15 is 0 Å². The van der Waals surface area contributed by atoms with Crippen molar-refractivity contribution in [2.75, 3.05) is 13.1 Å². The van der Waals surface area contributed by atoms with E-state index in [1.807, 2.05) is 6.20 Å². The van der Waals surface area contributed by atoms with Crippen molar-refractivity contribution in [2.24, 2.45) is 5.92 Å². The molecule has 1 aliphatic heterocycles. The Morgan fingerprint density at radius 3 is 2.94 bits per heavy atom. The Labute approximate surface area is 97.4 Å².